The van der Waals surface area contributed by atoms with Crippen molar-refractivity contribution in [3.63, 3.8) is 0 Å². The van der Waals surface area contributed by atoms with E-state index in [4.69, 9.17) is 10.5 Å². The molecule has 0 bridgehead atoms. The van der Waals surface area contributed by atoms with Crippen molar-refractivity contribution in [3.05, 3.63) is 29.3 Å². The summed E-state index contributed by atoms with van der Waals surface area (Å²) in [5.74, 6) is -0.0177. The van der Waals surface area contributed by atoms with E-state index in [1.807, 2.05) is 25.1 Å². The second-order valence-corrected chi connectivity index (χ2v) is 3.68. The van der Waals surface area contributed by atoms with Gasteiger partial charge in [-0.1, -0.05) is 11.6 Å². The third-order valence-corrected chi connectivity index (χ3v) is 2.46. The monoisotopic (exact) mass is 218 g/mol. The predicted octanol–water partition coefficient (Wildman–Crippen LogP) is 2.24. The Morgan fingerprint density at radius 3 is 2.94 bits per heavy atom. The van der Waals surface area contributed by atoms with E-state index in [-0.39, 0.29) is 5.97 Å². The number of nitrogen functional groups attached to an aromatic ring is 1. The summed E-state index contributed by atoms with van der Waals surface area (Å²) >= 11 is 0. The van der Waals surface area contributed by atoms with Crippen LogP contribution < -0.4 is 5.73 Å². The summed E-state index contributed by atoms with van der Waals surface area (Å²) in [4.78, 5) is 14.7. The highest BCUT2D eigenvalue weighted by molar-refractivity contribution is 6.09. The van der Waals surface area contributed by atoms with Crippen LogP contribution >= 0.6 is 0 Å². The van der Waals surface area contributed by atoms with Crippen molar-refractivity contribution < 1.29 is 9.53 Å². The lowest BCUT2D eigenvalue weighted by Crippen LogP contribution is -2.06. The number of nitrogens with one attached hydrogen (secondary N) is 1. The lowest BCUT2D eigenvalue weighted by molar-refractivity contribution is 0.0530. The molecule has 16 heavy (non-hydrogen) atoms. The number of aryl methyl sites for hydroxylation is 1. The van der Waals surface area contributed by atoms with Crippen molar-refractivity contribution in [3.8, 4) is 0 Å². The van der Waals surface area contributed by atoms with Gasteiger partial charge in [0, 0.05) is 10.9 Å². The Morgan fingerprint density at radius 1 is 1.50 bits per heavy atom. The third-order valence-electron chi connectivity index (χ3n) is 2.46. The van der Waals surface area contributed by atoms with Gasteiger partial charge in [0.1, 0.15) is 11.4 Å². The van der Waals surface area contributed by atoms with Crippen LogP contribution in [0.4, 0.5) is 5.82 Å². The Bertz CT molecular complexity index is 543. The molecule has 2 aromatic rings. The van der Waals surface area contributed by atoms with Gasteiger partial charge in [0.25, 0.3) is 0 Å². The predicted molar refractivity (Wildman–Crippen MR) is 63.4 cm³/mol. The number of aromatic nitrogens is 1. The van der Waals surface area contributed by atoms with E-state index in [1.165, 1.54) is 0 Å². The van der Waals surface area contributed by atoms with E-state index in [9.17, 15) is 4.79 Å². The fourth-order valence-electron chi connectivity index (χ4n) is 1.75. The number of carbonyl (C=O) groups excluding carboxylic acids is 1. The molecule has 0 aliphatic rings. The van der Waals surface area contributed by atoms with Gasteiger partial charge in [-0.3, -0.25) is 0 Å². The van der Waals surface area contributed by atoms with Crippen molar-refractivity contribution in [1.82, 2.24) is 4.98 Å². The molecule has 4 nitrogen and oxygen atoms in total. The lowest BCUT2D eigenvalue weighted by atomic mass is 10.1. The van der Waals surface area contributed by atoms with Gasteiger partial charge >= 0.3 is 5.97 Å². The van der Waals surface area contributed by atoms with Crippen LogP contribution in [0.5, 0.6) is 0 Å². The SMILES string of the molecule is CCOC(=O)c1c(N)[nH]c2ccc(C)cc12. The maximum Gasteiger partial charge on any atom is 0.342 e. The first-order chi connectivity index (χ1) is 7.63. The van der Waals surface area contributed by atoms with Crippen LogP contribution in [0.25, 0.3) is 10.9 Å². The van der Waals surface area contributed by atoms with Gasteiger partial charge in [0.2, 0.25) is 0 Å². The number of benzene rings is 1. The summed E-state index contributed by atoms with van der Waals surface area (Å²) in [5.41, 5.74) is 8.14. The molecule has 0 atom stereocenters. The van der Waals surface area contributed by atoms with Crippen molar-refractivity contribution >= 4 is 22.7 Å². The molecule has 1 aromatic heterocycles. The largest absolute Gasteiger partial charge is 0.462 e. The highest BCUT2D eigenvalue weighted by Gasteiger charge is 2.17. The number of rotatable bonds is 2. The Kier molecular flexibility index (Phi) is 2.56. The highest BCUT2D eigenvalue weighted by Crippen LogP contribution is 2.25. The maximum atomic E-state index is 11.7. The second-order valence-electron chi connectivity index (χ2n) is 3.68. The zero-order valence-electron chi connectivity index (χ0n) is 9.33. The molecular weight excluding hydrogens is 204 g/mol. The number of anilines is 1. The summed E-state index contributed by atoms with van der Waals surface area (Å²) in [7, 11) is 0. The molecule has 84 valence electrons. The topological polar surface area (TPSA) is 68.1 Å². The number of ether oxygens (including phenoxy) is 1. The molecule has 0 aliphatic heterocycles. The van der Waals surface area contributed by atoms with Crippen LogP contribution in [0.15, 0.2) is 18.2 Å². The van der Waals surface area contributed by atoms with Crippen LogP contribution in [0.1, 0.15) is 22.8 Å². The van der Waals surface area contributed by atoms with Gasteiger partial charge in [-0.2, -0.15) is 0 Å². The fraction of sp³-hybridized carbons (Fsp3) is 0.250. The molecule has 0 spiro atoms. The number of carbonyl (C=O) groups is 1. The van der Waals surface area contributed by atoms with E-state index >= 15 is 0 Å². The van der Waals surface area contributed by atoms with Crippen LogP contribution in [0, 0.1) is 6.92 Å². The average Bonchev–Trinajstić information content (AvgIpc) is 2.53. The summed E-state index contributed by atoms with van der Waals surface area (Å²) in [6.45, 7) is 4.09. The van der Waals surface area contributed by atoms with Crippen LogP contribution in [0.2, 0.25) is 0 Å². The number of esters is 1. The molecule has 0 saturated heterocycles. The molecule has 0 aliphatic carbocycles. The number of H-pyrrole nitrogens is 1. The van der Waals surface area contributed by atoms with E-state index < -0.39 is 0 Å². The Morgan fingerprint density at radius 2 is 2.25 bits per heavy atom. The first-order valence-corrected chi connectivity index (χ1v) is 5.18. The molecule has 0 fully saturated rings. The van der Waals surface area contributed by atoms with E-state index in [0.717, 1.165) is 16.5 Å². The van der Waals surface area contributed by atoms with E-state index in [2.05, 4.69) is 4.98 Å². The van der Waals surface area contributed by atoms with Crippen molar-refractivity contribution in [2.45, 2.75) is 13.8 Å². The zero-order valence-corrected chi connectivity index (χ0v) is 9.33. The Balaban J connectivity index is 2.62. The Labute approximate surface area is 93.4 Å². The molecule has 0 saturated carbocycles. The van der Waals surface area contributed by atoms with Crippen molar-refractivity contribution in [1.29, 1.82) is 0 Å². The minimum atomic E-state index is -0.378. The quantitative estimate of drug-likeness (QED) is 0.759. The second kappa shape index (κ2) is 3.89. The number of fused-ring (bicyclic) bond motifs is 1. The smallest absolute Gasteiger partial charge is 0.342 e. The van der Waals surface area contributed by atoms with Crippen LogP contribution in [0.3, 0.4) is 0 Å². The molecular formula is C12H14N2O2. The van der Waals surface area contributed by atoms with Gasteiger partial charge < -0.3 is 15.5 Å². The van der Waals surface area contributed by atoms with E-state index in [1.54, 1.807) is 6.92 Å². The first-order valence-electron chi connectivity index (χ1n) is 5.18. The minimum absolute atomic E-state index is 0.344. The third kappa shape index (κ3) is 1.62. The Hall–Kier alpha value is -1.97. The van der Waals surface area contributed by atoms with Crippen LogP contribution in [-0.4, -0.2) is 17.6 Å². The number of nitrogens with two attached hydrogens (primary N) is 1. The standard InChI is InChI=1S/C12H14N2O2/c1-3-16-12(15)10-8-6-7(2)4-5-9(8)14-11(10)13/h4-6,14H,3,13H2,1-2H3. The maximum absolute atomic E-state index is 11.7. The van der Waals surface area contributed by atoms with Gasteiger partial charge in [0.15, 0.2) is 0 Å². The molecule has 1 heterocycles. The zero-order chi connectivity index (χ0) is 11.7. The lowest BCUT2D eigenvalue weighted by Gasteiger charge is -2.01. The van der Waals surface area contributed by atoms with Crippen LogP contribution in [-0.2, 0) is 4.74 Å². The average molecular weight is 218 g/mol. The van der Waals surface area contributed by atoms with Crippen molar-refractivity contribution in [2.75, 3.05) is 12.3 Å². The molecule has 3 N–H and O–H groups in total. The highest BCUT2D eigenvalue weighted by atomic mass is 16.5. The van der Waals surface area contributed by atoms with Gasteiger partial charge in [-0.05, 0) is 26.0 Å². The first kappa shape index (κ1) is 10.5. The molecule has 4 heteroatoms. The summed E-state index contributed by atoms with van der Waals surface area (Å²) < 4.78 is 4.98. The normalized spacial score (nSPS) is 10.6. The molecule has 0 radical (unpaired) electrons. The molecule has 0 amide bonds. The molecule has 1 aromatic carbocycles. The van der Waals surface area contributed by atoms with Gasteiger partial charge in [0.05, 0.1) is 6.61 Å². The summed E-state index contributed by atoms with van der Waals surface area (Å²) in [6.07, 6.45) is 0. The fourth-order valence-corrected chi connectivity index (χ4v) is 1.75. The summed E-state index contributed by atoms with van der Waals surface area (Å²) in [5, 5.41) is 0.816. The van der Waals surface area contributed by atoms with E-state index in [0.29, 0.717) is 18.0 Å². The summed E-state index contributed by atoms with van der Waals surface area (Å²) in [6, 6.07) is 5.80. The number of aromatic amines is 1. The van der Waals surface area contributed by atoms with Crippen molar-refractivity contribution in [2.24, 2.45) is 0 Å². The number of hydrogen-bond donors (Lipinski definition) is 2. The van der Waals surface area contributed by atoms with Gasteiger partial charge in [-0.25, -0.2) is 4.79 Å². The minimum Gasteiger partial charge on any atom is -0.462 e. The number of hydrogen-bond acceptors (Lipinski definition) is 3. The molecule has 2 rings (SSSR count). The molecule has 0 unspecified atom stereocenters. The van der Waals surface area contributed by atoms with Gasteiger partial charge in [-0.15, -0.1) is 0 Å².